The number of thioether (sulfide) groups is 1. The van der Waals surface area contributed by atoms with Crippen LogP contribution in [-0.4, -0.2) is 29.8 Å². The molecule has 0 unspecified atom stereocenters. The third kappa shape index (κ3) is 4.07. The molecule has 138 valence electrons. The van der Waals surface area contributed by atoms with Crippen molar-refractivity contribution >= 4 is 34.3 Å². The van der Waals surface area contributed by atoms with Crippen LogP contribution in [0.25, 0.3) is 10.9 Å². The fraction of sp³-hybridized carbons (Fsp3) is 0.471. The highest BCUT2D eigenvalue weighted by Crippen LogP contribution is 2.23. The predicted octanol–water partition coefficient (Wildman–Crippen LogP) is 3.39. The van der Waals surface area contributed by atoms with Crippen LogP contribution in [-0.2, 0) is 18.8 Å². The minimum Gasteiger partial charge on any atom is -0.287 e. The maximum atomic E-state index is 13.0. The number of rotatable bonds is 7. The quantitative estimate of drug-likeness (QED) is 0.453. The second-order valence-electron chi connectivity index (χ2n) is 6.47. The fourth-order valence-electron chi connectivity index (χ4n) is 2.65. The van der Waals surface area contributed by atoms with Gasteiger partial charge in [-0.2, -0.15) is 0 Å². The zero-order valence-electron chi connectivity index (χ0n) is 15.0. The summed E-state index contributed by atoms with van der Waals surface area (Å²) in [6.45, 7) is 7.59. The molecule has 26 heavy (non-hydrogen) atoms. The van der Waals surface area contributed by atoms with E-state index in [1.54, 1.807) is 27.4 Å². The molecule has 0 spiro atoms. The Bertz CT molecular complexity index is 968. The Morgan fingerprint density at radius 2 is 2.12 bits per heavy atom. The summed E-state index contributed by atoms with van der Waals surface area (Å²) in [7, 11) is 0. The first-order valence-corrected chi connectivity index (χ1v) is 9.94. The van der Waals surface area contributed by atoms with Gasteiger partial charge in [-0.15, -0.1) is 5.10 Å². The van der Waals surface area contributed by atoms with Crippen molar-refractivity contribution in [1.82, 2.24) is 29.8 Å². The van der Waals surface area contributed by atoms with Gasteiger partial charge in [0.2, 0.25) is 0 Å². The van der Waals surface area contributed by atoms with Gasteiger partial charge in [-0.05, 0) is 41.0 Å². The molecule has 0 amide bonds. The van der Waals surface area contributed by atoms with E-state index in [0.717, 1.165) is 18.8 Å². The maximum Gasteiger partial charge on any atom is 0.262 e. The number of nitrogens with zero attached hydrogens (tertiary/aromatic N) is 6. The zero-order valence-corrected chi connectivity index (χ0v) is 16.6. The van der Waals surface area contributed by atoms with Gasteiger partial charge in [-0.1, -0.05) is 44.1 Å². The second-order valence-corrected chi connectivity index (χ2v) is 7.85. The smallest absolute Gasteiger partial charge is 0.262 e. The van der Waals surface area contributed by atoms with Crippen molar-refractivity contribution in [3.63, 3.8) is 0 Å². The fourth-order valence-corrected chi connectivity index (χ4v) is 3.76. The van der Waals surface area contributed by atoms with Crippen molar-refractivity contribution in [1.29, 1.82) is 0 Å². The third-order valence-corrected chi connectivity index (χ3v) is 5.01. The lowest BCUT2D eigenvalue weighted by Gasteiger charge is -2.15. The molecule has 0 fully saturated rings. The van der Waals surface area contributed by atoms with Gasteiger partial charge in [0.25, 0.3) is 5.56 Å². The summed E-state index contributed by atoms with van der Waals surface area (Å²) in [5.41, 5.74) is 0.580. The summed E-state index contributed by atoms with van der Waals surface area (Å²) in [5, 5.41) is 13.6. The average molecular weight is 393 g/mol. The van der Waals surface area contributed by atoms with E-state index in [2.05, 4.69) is 36.3 Å². The molecule has 7 nitrogen and oxygen atoms in total. The van der Waals surface area contributed by atoms with Crippen molar-refractivity contribution in [2.24, 2.45) is 5.92 Å². The van der Waals surface area contributed by atoms with E-state index in [0.29, 0.717) is 39.3 Å². The first kappa shape index (κ1) is 18.8. The van der Waals surface area contributed by atoms with Gasteiger partial charge in [0.15, 0.2) is 11.0 Å². The molecule has 0 saturated carbocycles. The van der Waals surface area contributed by atoms with Crippen LogP contribution in [0.5, 0.6) is 0 Å². The number of hydrogen-bond donors (Lipinski definition) is 0. The molecular weight excluding hydrogens is 372 g/mol. The largest absolute Gasteiger partial charge is 0.287 e. The van der Waals surface area contributed by atoms with Crippen molar-refractivity contribution in [3.8, 4) is 0 Å². The molecule has 3 rings (SSSR count). The lowest BCUT2D eigenvalue weighted by atomic mass is 10.2. The molecule has 9 heteroatoms. The molecule has 0 aliphatic carbocycles. The second kappa shape index (κ2) is 8.18. The van der Waals surface area contributed by atoms with Crippen LogP contribution < -0.4 is 5.56 Å². The lowest BCUT2D eigenvalue weighted by Crippen LogP contribution is -2.25. The standard InChI is InChI=1S/C17H21ClN6OS/c1-4-7-24-15(20-21-22-24)10-26-17-19-14-6-5-12(18)8-13(14)16(25)23(17)9-11(2)3/h5-6,8,11H,4,7,9-10H2,1-3H3. The normalized spacial score (nSPS) is 11.6. The molecule has 0 bridgehead atoms. The molecule has 0 atom stereocenters. The van der Waals surface area contributed by atoms with Gasteiger partial charge in [0, 0.05) is 18.1 Å². The van der Waals surface area contributed by atoms with Gasteiger partial charge in [-0.25, -0.2) is 9.67 Å². The Kier molecular flexibility index (Phi) is 5.93. The topological polar surface area (TPSA) is 78.5 Å². The molecule has 0 saturated heterocycles. The average Bonchev–Trinajstić information content (AvgIpc) is 3.04. The molecule has 1 aromatic carbocycles. The molecule has 0 radical (unpaired) electrons. The minimum atomic E-state index is -0.0677. The van der Waals surface area contributed by atoms with E-state index in [1.165, 1.54) is 11.8 Å². The molecule has 0 N–H and O–H groups in total. The minimum absolute atomic E-state index is 0.0677. The summed E-state index contributed by atoms with van der Waals surface area (Å²) in [5.74, 6) is 1.64. The van der Waals surface area contributed by atoms with Crippen LogP contribution in [0.4, 0.5) is 0 Å². The first-order valence-electron chi connectivity index (χ1n) is 8.57. The highest BCUT2D eigenvalue weighted by molar-refractivity contribution is 7.98. The Labute approximate surface area is 160 Å². The van der Waals surface area contributed by atoms with Gasteiger partial charge >= 0.3 is 0 Å². The van der Waals surface area contributed by atoms with E-state index >= 15 is 0 Å². The number of aromatic nitrogens is 6. The molecular formula is C17H21ClN6OS. The molecule has 2 aromatic heterocycles. The van der Waals surface area contributed by atoms with Crippen LogP contribution in [0.15, 0.2) is 28.2 Å². The van der Waals surface area contributed by atoms with Gasteiger partial charge in [-0.3, -0.25) is 9.36 Å². The van der Waals surface area contributed by atoms with Crippen molar-refractivity contribution in [2.45, 2.75) is 51.2 Å². The molecule has 0 aliphatic heterocycles. The summed E-state index contributed by atoms with van der Waals surface area (Å²) in [6.07, 6.45) is 0.954. The maximum absolute atomic E-state index is 13.0. The highest BCUT2D eigenvalue weighted by Gasteiger charge is 2.15. The van der Waals surface area contributed by atoms with E-state index < -0.39 is 0 Å². The van der Waals surface area contributed by atoms with Gasteiger partial charge in [0.1, 0.15) is 0 Å². The van der Waals surface area contributed by atoms with E-state index in [9.17, 15) is 4.79 Å². The van der Waals surface area contributed by atoms with E-state index in [1.807, 2.05) is 0 Å². The number of aryl methyl sites for hydroxylation is 1. The Hall–Kier alpha value is -1.93. The Morgan fingerprint density at radius 3 is 2.85 bits per heavy atom. The predicted molar refractivity (Wildman–Crippen MR) is 104 cm³/mol. The molecule has 2 heterocycles. The van der Waals surface area contributed by atoms with Crippen molar-refractivity contribution < 1.29 is 0 Å². The lowest BCUT2D eigenvalue weighted by molar-refractivity contribution is 0.475. The summed E-state index contributed by atoms with van der Waals surface area (Å²) in [6, 6.07) is 5.21. The summed E-state index contributed by atoms with van der Waals surface area (Å²) < 4.78 is 3.51. The van der Waals surface area contributed by atoms with Gasteiger partial charge < -0.3 is 0 Å². The number of benzene rings is 1. The van der Waals surface area contributed by atoms with E-state index in [-0.39, 0.29) is 5.56 Å². The summed E-state index contributed by atoms with van der Waals surface area (Å²) in [4.78, 5) is 17.7. The Balaban J connectivity index is 1.99. The van der Waals surface area contributed by atoms with Crippen LogP contribution in [0.2, 0.25) is 5.02 Å². The first-order chi connectivity index (χ1) is 12.5. The van der Waals surface area contributed by atoms with E-state index in [4.69, 9.17) is 16.6 Å². The molecule has 3 aromatic rings. The van der Waals surface area contributed by atoms with Crippen LogP contribution >= 0.6 is 23.4 Å². The monoisotopic (exact) mass is 392 g/mol. The van der Waals surface area contributed by atoms with Crippen LogP contribution in [0, 0.1) is 5.92 Å². The van der Waals surface area contributed by atoms with Crippen molar-refractivity contribution in [3.05, 3.63) is 39.4 Å². The third-order valence-electron chi connectivity index (χ3n) is 3.80. The summed E-state index contributed by atoms with van der Waals surface area (Å²) >= 11 is 7.53. The zero-order chi connectivity index (χ0) is 18.7. The highest BCUT2D eigenvalue weighted by atomic mass is 35.5. The number of hydrogen-bond acceptors (Lipinski definition) is 6. The number of halogens is 1. The Morgan fingerprint density at radius 1 is 1.31 bits per heavy atom. The van der Waals surface area contributed by atoms with Crippen molar-refractivity contribution in [2.75, 3.05) is 0 Å². The SMILES string of the molecule is CCCn1nnnc1CSc1nc2ccc(Cl)cc2c(=O)n1CC(C)C. The van der Waals surface area contributed by atoms with Crippen LogP contribution in [0.3, 0.4) is 0 Å². The van der Waals surface area contributed by atoms with Crippen LogP contribution in [0.1, 0.15) is 33.0 Å². The van der Waals surface area contributed by atoms with Gasteiger partial charge in [0.05, 0.1) is 16.7 Å². The number of tetrazole rings is 1. The molecule has 0 aliphatic rings. The number of fused-ring (bicyclic) bond motifs is 1.